The van der Waals surface area contributed by atoms with Crippen LogP contribution in [0.3, 0.4) is 0 Å². The first-order chi connectivity index (χ1) is 10.4. The number of aryl methyl sites for hydroxylation is 1. The average Bonchev–Trinajstić information content (AvgIpc) is 3.00. The molecule has 0 aromatic carbocycles. The van der Waals surface area contributed by atoms with Crippen LogP contribution in [0, 0.1) is 0 Å². The highest BCUT2D eigenvalue weighted by Gasteiger charge is 1.97. The van der Waals surface area contributed by atoms with Crippen LogP contribution >= 0.6 is 24.0 Å². The minimum absolute atomic E-state index is 0. The molecule has 6 nitrogen and oxygen atoms in total. The second-order valence-corrected chi connectivity index (χ2v) is 4.78. The molecule has 0 aliphatic rings. The van der Waals surface area contributed by atoms with E-state index in [0.29, 0.717) is 0 Å². The lowest BCUT2D eigenvalue weighted by Gasteiger charge is -2.11. The van der Waals surface area contributed by atoms with Crippen molar-refractivity contribution in [2.45, 2.75) is 39.7 Å². The Morgan fingerprint density at radius 3 is 2.77 bits per heavy atom. The predicted octanol–water partition coefficient (Wildman–Crippen LogP) is 2.26. The van der Waals surface area contributed by atoms with Crippen molar-refractivity contribution in [1.82, 2.24) is 20.4 Å². The summed E-state index contributed by atoms with van der Waals surface area (Å²) in [5.74, 6) is 0.858. The Morgan fingerprint density at radius 1 is 1.23 bits per heavy atom. The Bertz CT molecular complexity index is 370. The molecule has 0 amide bonds. The molecule has 0 radical (unpaired) electrons. The molecule has 1 rings (SSSR count). The fourth-order valence-electron chi connectivity index (χ4n) is 1.79. The second-order valence-electron chi connectivity index (χ2n) is 4.78. The molecule has 7 heteroatoms. The van der Waals surface area contributed by atoms with Crippen LogP contribution in [0.25, 0.3) is 0 Å². The van der Waals surface area contributed by atoms with Crippen LogP contribution < -0.4 is 10.6 Å². The lowest BCUT2D eigenvalue weighted by Crippen LogP contribution is -2.39. The van der Waals surface area contributed by atoms with E-state index in [-0.39, 0.29) is 24.0 Å². The molecular formula is C15H30IN5O. The number of nitrogens with one attached hydrogen (secondary N) is 2. The summed E-state index contributed by atoms with van der Waals surface area (Å²) < 4.78 is 7.45. The minimum Gasteiger partial charge on any atom is -0.380 e. The van der Waals surface area contributed by atoms with Crippen LogP contribution in [-0.4, -0.2) is 48.6 Å². The number of aliphatic imine (C=N–C) groups is 1. The van der Waals surface area contributed by atoms with Crippen molar-refractivity contribution in [2.75, 3.05) is 32.8 Å². The SMILES string of the molecule is CCCCOCCNC(=NCCCn1cccn1)NCC.I. The second kappa shape index (κ2) is 15.1. The van der Waals surface area contributed by atoms with E-state index in [0.717, 1.165) is 58.2 Å². The fraction of sp³-hybridized carbons (Fsp3) is 0.733. The Hall–Kier alpha value is -0.830. The van der Waals surface area contributed by atoms with Crippen molar-refractivity contribution < 1.29 is 4.74 Å². The van der Waals surface area contributed by atoms with Crippen LogP contribution in [0.4, 0.5) is 0 Å². The fourth-order valence-corrected chi connectivity index (χ4v) is 1.79. The number of hydrogen-bond acceptors (Lipinski definition) is 3. The number of unbranched alkanes of at least 4 members (excludes halogenated alkanes) is 1. The quantitative estimate of drug-likeness (QED) is 0.248. The first-order valence-electron chi connectivity index (χ1n) is 7.94. The summed E-state index contributed by atoms with van der Waals surface area (Å²) in [6, 6.07) is 1.94. The average molecular weight is 423 g/mol. The molecule has 0 aliphatic heterocycles. The molecule has 0 aliphatic carbocycles. The van der Waals surface area contributed by atoms with Gasteiger partial charge < -0.3 is 15.4 Å². The first-order valence-corrected chi connectivity index (χ1v) is 7.94. The van der Waals surface area contributed by atoms with Crippen molar-refractivity contribution in [3.63, 3.8) is 0 Å². The molecule has 22 heavy (non-hydrogen) atoms. The van der Waals surface area contributed by atoms with Gasteiger partial charge in [0, 0.05) is 45.2 Å². The third-order valence-electron chi connectivity index (χ3n) is 2.90. The number of rotatable bonds is 11. The molecule has 2 N–H and O–H groups in total. The summed E-state index contributed by atoms with van der Waals surface area (Å²) in [5, 5.41) is 10.7. The van der Waals surface area contributed by atoms with Gasteiger partial charge in [-0.3, -0.25) is 9.67 Å². The van der Waals surface area contributed by atoms with E-state index < -0.39 is 0 Å². The Balaban J connectivity index is 0.00000441. The number of guanidine groups is 1. The Kier molecular flexibility index (Phi) is 14.5. The van der Waals surface area contributed by atoms with Crippen molar-refractivity contribution in [3.05, 3.63) is 18.5 Å². The van der Waals surface area contributed by atoms with Gasteiger partial charge in [0.05, 0.1) is 6.61 Å². The van der Waals surface area contributed by atoms with Crippen molar-refractivity contribution in [2.24, 2.45) is 4.99 Å². The molecule has 1 aromatic heterocycles. The van der Waals surface area contributed by atoms with Crippen LogP contribution in [0.5, 0.6) is 0 Å². The van der Waals surface area contributed by atoms with E-state index in [4.69, 9.17) is 4.74 Å². The molecule has 1 heterocycles. The highest BCUT2D eigenvalue weighted by molar-refractivity contribution is 14.0. The van der Waals surface area contributed by atoms with E-state index in [1.165, 1.54) is 6.42 Å². The lowest BCUT2D eigenvalue weighted by molar-refractivity contribution is 0.136. The van der Waals surface area contributed by atoms with Crippen molar-refractivity contribution >= 4 is 29.9 Å². The molecular weight excluding hydrogens is 393 g/mol. The number of hydrogen-bond donors (Lipinski definition) is 2. The van der Waals surface area contributed by atoms with E-state index in [2.05, 4.69) is 34.6 Å². The normalized spacial score (nSPS) is 11.1. The molecule has 0 saturated heterocycles. The highest BCUT2D eigenvalue weighted by atomic mass is 127. The maximum atomic E-state index is 5.52. The van der Waals surface area contributed by atoms with Gasteiger partial charge in [0.15, 0.2) is 5.96 Å². The number of nitrogens with zero attached hydrogens (tertiary/aromatic N) is 3. The summed E-state index contributed by atoms with van der Waals surface area (Å²) >= 11 is 0. The minimum atomic E-state index is 0. The molecule has 0 atom stereocenters. The smallest absolute Gasteiger partial charge is 0.191 e. The monoisotopic (exact) mass is 423 g/mol. The topological polar surface area (TPSA) is 63.5 Å². The largest absolute Gasteiger partial charge is 0.380 e. The van der Waals surface area contributed by atoms with Gasteiger partial charge in [-0.1, -0.05) is 13.3 Å². The van der Waals surface area contributed by atoms with Crippen LogP contribution in [0.2, 0.25) is 0 Å². The van der Waals surface area contributed by atoms with Gasteiger partial charge in [-0.05, 0) is 25.8 Å². The Labute approximate surface area is 151 Å². The Morgan fingerprint density at radius 2 is 2.09 bits per heavy atom. The van der Waals surface area contributed by atoms with Gasteiger partial charge in [0.2, 0.25) is 0 Å². The van der Waals surface area contributed by atoms with Crippen LogP contribution in [0.1, 0.15) is 33.1 Å². The van der Waals surface area contributed by atoms with Gasteiger partial charge in [-0.25, -0.2) is 0 Å². The number of ether oxygens (including phenoxy) is 1. The molecule has 0 bridgehead atoms. The lowest BCUT2D eigenvalue weighted by atomic mass is 10.4. The van der Waals surface area contributed by atoms with Gasteiger partial charge in [-0.2, -0.15) is 5.10 Å². The van der Waals surface area contributed by atoms with Crippen molar-refractivity contribution in [3.8, 4) is 0 Å². The zero-order chi connectivity index (χ0) is 15.2. The van der Waals surface area contributed by atoms with Crippen molar-refractivity contribution in [1.29, 1.82) is 0 Å². The third kappa shape index (κ3) is 10.8. The van der Waals surface area contributed by atoms with Gasteiger partial charge in [0.1, 0.15) is 0 Å². The number of halogens is 1. The summed E-state index contributed by atoms with van der Waals surface area (Å²) in [5.41, 5.74) is 0. The highest BCUT2D eigenvalue weighted by Crippen LogP contribution is 1.90. The zero-order valence-corrected chi connectivity index (χ0v) is 16.1. The maximum Gasteiger partial charge on any atom is 0.191 e. The molecule has 0 fully saturated rings. The third-order valence-corrected chi connectivity index (χ3v) is 2.90. The van der Waals surface area contributed by atoms with Gasteiger partial charge in [0.25, 0.3) is 0 Å². The van der Waals surface area contributed by atoms with E-state index in [1.54, 1.807) is 6.20 Å². The molecule has 1 aromatic rings. The molecule has 0 unspecified atom stereocenters. The molecule has 128 valence electrons. The summed E-state index contributed by atoms with van der Waals surface area (Å²) in [6.07, 6.45) is 7.05. The molecule has 0 spiro atoms. The van der Waals surface area contributed by atoms with Crippen LogP contribution in [0.15, 0.2) is 23.5 Å². The zero-order valence-electron chi connectivity index (χ0n) is 13.8. The van der Waals surface area contributed by atoms with Gasteiger partial charge >= 0.3 is 0 Å². The molecule has 0 saturated carbocycles. The first kappa shape index (κ1) is 21.2. The predicted molar refractivity (Wildman–Crippen MR) is 102 cm³/mol. The van der Waals surface area contributed by atoms with E-state index in [1.807, 2.05) is 16.9 Å². The summed E-state index contributed by atoms with van der Waals surface area (Å²) in [6.45, 7) is 9.13. The van der Waals surface area contributed by atoms with E-state index in [9.17, 15) is 0 Å². The van der Waals surface area contributed by atoms with Gasteiger partial charge in [-0.15, -0.1) is 24.0 Å². The summed E-state index contributed by atoms with van der Waals surface area (Å²) in [4.78, 5) is 4.54. The maximum absolute atomic E-state index is 5.52. The van der Waals surface area contributed by atoms with Crippen LogP contribution in [-0.2, 0) is 11.3 Å². The van der Waals surface area contributed by atoms with E-state index >= 15 is 0 Å². The summed E-state index contributed by atoms with van der Waals surface area (Å²) in [7, 11) is 0. The number of aromatic nitrogens is 2. The standard InChI is InChI=1S/C15H29N5O.HI/c1-3-5-13-21-14-10-18-15(16-4-2)17-8-6-11-20-12-7-9-19-20;/h7,9,12H,3-6,8,10-11,13-14H2,1-2H3,(H2,16,17,18);1H.